The molecular formula is C22H15N3O. The van der Waals surface area contributed by atoms with E-state index in [4.69, 9.17) is 4.98 Å². The number of para-hydroxylation sites is 3. The number of pyridine rings is 2. The first-order chi connectivity index (χ1) is 12.8. The molecule has 124 valence electrons. The zero-order valence-electron chi connectivity index (χ0n) is 13.9. The highest BCUT2D eigenvalue weighted by Gasteiger charge is 2.15. The maximum atomic E-state index is 12.9. The summed E-state index contributed by atoms with van der Waals surface area (Å²) >= 11 is 0. The quantitative estimate of drug-likeness (QED) is 0.447. The van der Waals surface area contributed by atoms with Gasteiger partial charge in [-0.3, -0.25) is 4.79 Å². The minimum atomic E-state index is -0.143. The van der Waals surface area contributed by atoms with Gasteiger partial charge in [-0.1, -0.05) is 54.6 Å². The van der Waals surface area contributed by atoms with Crippen LogP contribution in [0, 0.1) is 0 Å². The molecule has 0 aliphatic carbocycles. The van der Waals surface area contributed by atoms with Crippen LogP contribution in [0.5, 0.6) is 0 Å². The number of benzene rings is 3. The van der Waals surface area contributed by atoms with E-state index < -0.39 is 0 Å². The average Bonchev–Trinajstić information content (AvgIpc) is 2.68. The smallest absolute Gasteiger partial charge is 0.260 e. The molecule has 0 fully saturated rings. The highest BCUT2D eigenvalue weighted by atomic mass is 16.1. The van der Waals surface area contributed by atoms with Crippen LogP contribution in [0.1, 0.15) is 0 Å². The fraction of sp³-hybridized carbons (Fsp3) is 0. The second-order valence-electron chi connectivity index (χ2n) is 6.22. The monoisotopic (exact) mass is 337 g/mol. The molecule has 0 bridgehead atoms. The number of aromatic amines is 1. The number of nitrogens with zero attached hydrogens (tertiary/aromatic N) is 1. The van der Waals surface area contributed by atoms with Crippen molar-refractivity contribution in [2.24, 2.45) is 0 Å². The van der Waals surface area contributed by atoms with Gasteiger partial charge in [0, 0.05) is 27.4 Å². The molecule has 5 aromatic rings. The Bertz CT molecular complexity index is 1310. The van der Waals surface area contributed by atoms with Crippen molar-refractivity contribution in [1.29, 1.82) is 0 Å². The molecule has 0 aliphatic heterocycles. The van der Waals surface area contributed by atoms with Crippen LogP contribution in [0.3, 0.4) is 0 Å². The molecule has 0 spiro atoms. The molecule has 0 radical (unpaired) electrons. The van der Waals surface area contributed by atoms with Crippen LogP contribution < -0.4 is 10.9 Å². The van der Waals surface area contributed by atoms with Gasteiger partial charge in [0.1, 0.15) is 5.82 Å². The van der Waals surface area contributed by atoms with Gasteiger partial charge in [-0.2, -0.15) is 0 Å². The maximum Gasteiger partial charge on any atom is 0.260 e. The van der Waals surface area contributed by atoms with E-state index in [1.54, 1.807) is 0 Å². The molecule has 2 N–H and O–H groups in total. The van der Waals surface area contributed by atoms with Crippen molar-refractivity contribution in [2.45, 2.75) is 0 Å². The third kappa shape index (κ3) is 2.24. The van der Waals surface area contributed by atoms with E-state index in [0.717, 1.165) is 32.9 Å². The number of rotatable bonds is 2. The molecule has 0 atom stereocenters. The minimum Gasteiger partial charge on any atom is -0.340 e. The third-order valence-corrected chi connectivity index (χ3v) is 4.60. The fourth-order valence-electron chi connectivity index (χ4n) is 3.46. The molecule has 0 saturated carbocycles. The molecule has 3 aromatic carbocycles. The first-order valence-corrected chi connectivity index (χ1v) is 8.47. The molecule has 0 amide bonds. The molecule has 26 heavy (non-hydrogen) atoms. The number of hydrogen-bond acceptors (Lipinski definition) is 3. The molecule has 4 heteroatoms. The zero-order valence-corrected chi connectivity index (χ0v) is 13.9. The van der Waals surface area contributed by atoms with Crippen molar-refractivity contribution in [3.8, 4) is 0 Å². The van der Waals surface area contributed by atoms with Gasteiger partial charge in [0.05, 0.1) is 10.9 Å². The SMILES string of the molecule is O=c1[nH]c2ccccc2c2c1c(Nc1ccccc1)nc1ccccc12. The van der Waals surface area contributed by atoms with Gasteiger partial charge in [-0.25, -0.2) is 4.98 Å². The Morgan fingerprint density at radius 2 is 1.42 bits per heavy atom. The third-order valence-electron chi connectivity index (χ3n) is 4.60. The summed E-state index contributed by atoms with van der Waals surface area (Å²) in [5.41, 5.74) is 2.43. The predicted molar refractivity (Wildman–Crippen MR) is 107 cm³/mol. The Morgan fingerprint density at radius 1 is 0.731 bits per heavy atom. The summed E-state index contributed by atoms with van der Waals surface area (Å²) in [6.45, 7) is 0. The summed E-state index contributed by atoms with van der Waals surface area (Å²) in [4.78, 5) is 20.6. The second kappa shape index (κ2) is 5.70. The first-order valence-electron chi connectivity index (χ1n) is 8.47. The van der Waals surface area contributed by atoms with Gasteiger partial charge >= 0.3 is 0 Å². The van der Waals surface area contributed by atoms with E-state index in [0.29, 0.717) is 11.2 Å². The van der Waals surface area contributed by atoms with Crippen LogP contribution in [-0.4, -0.2) is 9.97 Å². The molecular weight excluding hydrogens is 322 g/mol. The lowest BCUT2D eigenvalue weighted by atomic mass is 10.0. The Hall–Kier alpha value is -3.66. The molecule has 2 heterocycles. The Balaban J connectivity index is 1.96. The lowest BCUT2D eigenvalue weighted by molar-refractivity contribution is 1.32. The van der Waals surface area contributed by atoms with E-state index >= 15 is 0 Å². The van der Waals surface area contributed by atoms with E-state index in [1.807, 2.05) is 78.9 Å². The largest absolute Gasteiger partial charge is 0.340 e. The van der Waals surface area contributed by atoms with Crippen LogP contribution in [0.25, 0.3) is 32.6 Å². The lowest BCUT2D eigenvalue weighted by Crippen LogP contribution is -2.10. The van der Waals surface area contributed by atoms with E-state index in [9.17, 15) is 4.79 Å². The molecule has 0 saturated heterocycles. The van der Waals surface area contributed by atoms with E-state index in [-0.39, 0.29) is 5.56 Å². The number of hydrogen-bond donors (Lipinski definition) is 2. The molecule has 2 aromatic heterocycles. The van der Waals surface area contributed by atoms with Gasteiger partial charge in [0.2, 0.25) is 0 Å². The van der Waals surface area contributed by atoms with Crippen molar-refractivity contribution in [3.05, 3.63) is 89.2 Å². The van der Waals surface area contributed by atoms with Gasteiger partial charge in [-0.05, 0) is 24.3 Å². The van der Waals surface area contributed by atoms with Crippen LogP contribution in [0.2, 0.25) is 0 Å². The summed E-state index contributed by atoms with van der Waals surface area (Å²) in [5, 5.41) is 6.80. The van der Waals surface area contributed by atoms with Gasteiger partial charge in [0.25, 0.3) is 5.56 Å². The minimum absolute atomic E-state index is 0.143. The summed E-state index contributed by atoms with van der Waals surface area (Å²) in [6.07, 6.45) is 0. The van der Waals surface area contributed by atoms with Gasteiger partial charge < -0.3 is 10.3 Å². The van der Waals surface area contributed by atoms with E-state index in [1.165, 1.54) is 0 Å². The zero-order chi connectivity index (χ0) is 17.5. The highest BCUT2D eigenvalue weighted by Crippen LogP contribution is 2.33. The number of fused-ring (bicyclic) bond motifs is 5. The molecule has 5 rings (SSSR count). The van der Waals surface area contributed by atoms with Gasteiger partial charge in [-0.15, -0.1) is 0 Å². The van der Waals surface area contributed by atoms with Crippen molar-refractivity contribution >= 4 is 44.1 Å². The Morgan fingerprint density at radius 3 is 2.27 bits per heavy atom. The number of nitrogens with one attached hydrogen (secondary N) is 2. The summed E-state index contributed by atoms with van der Waals surface area (Å²) in [5.74, 6) is 0.567. The average molecular weight is 337 g/mol. The van der Waals surface area contributed by atoms with Gasteiger partial charge in [0.15, 0.2) is 0 Å². The molecule has 0 aliphatic rings. The van der Waals surface area contributed by atoms with Crippen molar-refractivity contribution in [1.82, 2.24) is 9.97 Å². The number of aromatic nitrogens is 2. The summed E-state index contributed by atoms with van der Waals surface area (Å²) < 4.78 is 0. The topological polar surface area (TPSA) is 57.8 Å². The fourth-order valence-corrected chi connectivity index (χ4v) is 3.46. The first kappa shape index (κ1) is 14.7. The molecule has 4 nitrogen and oxygen atoms in total. The lowest BCUT2D eigenvalue weighted by Gasteiger charge is -2.13. The predicted octanol–water partition coefficient (Wildman–Crippen LogP) is 4.97. The highest BCUT2D eigenvalue weighted by molar-refractivity contribution is 6.21. The summed E-state index contributed by atoms with van der Waals surface area (Å²) in [6, 6.07) is 25.6. The summed E-state index contributed by atoms with van der Waals surface area (Å²) in [7, 11) is 0. The van der Waals surface area contributed by atoms with Crippen molar-refractivity contribution in [2.75, 3.05) is 5.32 Å². The van der Waals surface area contributed by atoms with Crippen LogP contribution in [0.4, 0.5) is 11.5 Å². The van der Waals surface area contributed by atoms with Crippen LogP contribution in [-0.2, 0) is 0 Å². The maximum absolute atomic E-state index is 12.9. The van der Waals surface area contributed by atoms with E-state index in [2.05, 4.69) is 10.3 Å². The Labute approximate surface area is 149 Å². The number of anilines is 2. The number of H-pyrrole nitrogens is 1. The van der Waals surface area contributed by atoms with Crippen LogP contribution in [0.15, 0.2) is 83.7 Å². The normalized spacial score (nSPS) is 11.2. The Kier molecular flexibility index (Phi) is 3.22. The van der Waals surface area contributed by atoms with Crippen LogP contribution >= 0.6 is 0 Å². The standard InChI is InChI=1S/C22H15N3O/c26-22-20-19(16-11-5-7-13-18(16)25-22)15-10-4-6-12-17(15)24-21(20)23-14-8-2-1-3-9-14/h1-13H,(H,23,24)(H,25,26). The van der Waals surface area contributed by atoms with Crippen molar-refractivity contribution < 1.29 is 0 Å². The second-order valence-corrected chi connectivity index (χ2v) is 6.22. The van der Waals surface area contributed by atoms with Crippen molar-refractivity contribution in [3.63, 3.8) is 0 Å². The molecule has 0 unspecified atom stereocenters.